The molecule has 6 heteroatoms. The molecule has 1 aromatic heterocycles. The van der Waals surface area contributed by atoms with Crippen molar-refractivity contribution in [1.29, 1.82) is 0 Å². The molecule has 5 nitrogen and oxygen atoms in total. The summed E-state index contributed by atoms with van der Waals surface area (Å²) in [6.45, 7) is 8.41. The van der Waals surface area contributed by atoms with E-state index in [2.05, 4.69) is 28.9 Å². The molecule has 0 radical (unpaired) electrons. The number of nitrogens with zero attached hydrogens (tertiary/aromatic N) is 2. The number of rotatable bonds is 6. The van der Waals surface area contributed by atoms with E-state index in [0.29, 0.717) is 17.9 Å². The van der Waals surface area contributed by atoms with Gasteiger partial charge in [0, 0.05) is 0 Å². The summed E-state index contributed by atoms with van der Waals surface area (Å²) >= 11 is 0. The molecule has 27 heavy (non-hydrogen) atoms. The van der Waals surface area contributed by atoms with E-state index in [-0.39, 0.29) is 4.90 Å². The van der Waals surface area contributed by atoms with Crippen LogP contribution in [0.1, 0.15) is 35.0 Å². The number of aryl methyl sites for hydroxylation is 3. The minimum Gasteiger partial charge on any atom is -0.276 e. The van der Waals surface area contributed by atoms with Crippen LogP contribution in [0.5, 0.6) is 0 Å². The average molecular weight is 384 g/mol. The Balaban J connectivity index is 1.89. The van der Waals surface area contributed by atoms with Crippen molar-refractivity contribution in [1.82, 2.24) is 9.78 Å². The molecule has 0 saturated carbocycles. The zero-order chi connectivity index (χ0) is 19.6. The Morgan fingerprint density at radius 3 is 2.30 bits per heavy atom. The molecule has 0 saturated heterocycles. The third-order valence-electron chi connectivity index (χ3n) is 4.84. The third-order valence-corrected chi connectivity index (χ3v) is 6.21. The minimum absolute atomic E-state index is 0.255. The van der Waals surface area contributed by atoms with Crippen molar-refractivity contribution in [2.45, 2.75) is 45.6 Å². The highest BCUT2D eigenvalue weighted by Gasteiger charge is 2.20. The van der Waals surface area contributed by atoms with Crippen LogP contribution in [-0.4, -0.2) is 18.2 Å². The molecule has 0 fully saturated rings. The first-order valence-electron chi connectivity index (χ1n) is 9.02. The van der Waals surface area contributed by atoms with Crippen molar-refractivity contribution in [3.8, 4) is 0 Å². The maximum Gasteiger partial charge on any atom is 0.262 e. The van der Waals surface area contributed by atoms with Crippen molar-refractivity contribution in [2.24, 2.45) is 0 Å². The number of anilines is 1. The second-order valence-corrected chi connectivity index (χ2v) is 8.42. The van der Waals surface area contributed by atoms with Gasteiger partial charge in [0.15, 0.2) is 0 Å². The molecule has 0 aliphatic heterocycles. The van der Waals surface area contributed by atoms with Gasteiger partial charge in [0.05, 0.1) is 28.5 Å². The van der Waals surface area contributed by atoms with E-state index >= 15 is 0 Å². The zero-order valence-electron chi connectivity index (χ0n) is 16.2. The number of sulfonamides is 1. The monoisotopic (exact) mass is 383 g/mol. The fraction of sp³-hybridized carbons (Fsp3) is 0.286. The second kappa shape index (κ2) is 7.56. The maximum absolute atomic E-state index is 12.8. The van der Waals surface area contributed by atoms with Crippen molar-refractivity contribution in [2.75, 3.05) is 4.72 Å². The summed E-state index contributed by atoms with van der Waals surface area (Å²) < 4.78 is 30.1. The molecule has 3 rings (SSSR count). The van der Waals surface area contributed by atoms with Crippen LogP contribution >= 0.6 is 0 Å². The highest BCUT2D eigenvalue weighted by Crippen LogP contribution is 2.24. The Morgan fingerprint density at radius 2 is 1.67 bits per heavy atom. The normalized spacial score (nSPS) is 11.6. The van der Waals surface area contributed by atoms with Crippen molar-refractivity contribution in [3.63, 3.8) is 0 Å². The fourth-order valence-corrected chi connectivity index (χ4v) is 4.22. The van der Waals surface area contributed by atoms with E-state index in [1.54, 1.807) is 12.1 Å². The van der Waals surface area contributed by atoms with Crippen molar-refractivity contribution in [3.05, 3.63) is 76.6 Å². The van der Waals surface area contributed by atoms with Gasteiger partial charge in [0.25, 0.3) is 10.0 Å². The van der Waals surface area contributed by atoms with Crippen LogP contribution in [0.2, 0.25) is 0 Å². The van der Waals surface area contributed by atoms with Crippen LogP contribution in [0.4, 0.5) is 5.69 Å². The van der Waals surface area contributed by atoms with E-state index < -0.39 is 10.0 Å². The lowest BCUT2D eigenvalue weighted by molar-refractivity contribution is 0.601. The molecule has 0 atom stereocenters. The van der Waals surface area contributed by atoms with Crippen molar-refractivity contribution >= 4 is 15.7 Å². The molecular formula is C21H25N3O2S. The van der Waals surface area contributed by atoms with Crippen LogP contribution in [-0.2, 0) is 23.0 Å². The highest BCUT2D eigenvalue weighted by molar-refractivity contribution is 7.92. The summed E-state index contributed by atoms with van der Waals surface area (Å²) in [7, 11) is -3.65. The van der Waals surface area contributed by atoms with E-state index in [4.69, 9.17) is 0 Å². The molecule has 0 spiro atoms. The summed E-state index contributed by atoms with van der Waals surface area (Å²) in [5.41, 5.74) is 5.45. The first-order valence-corrected chi connectivity index (χ1v) is 10.5. The SMILES string of the molecule is CCc1ccc(S(=O)(=O)Nc2c(C)nn(Cc3ccccc3C)c2C)cc1. The summed E-state index contributed by atoms with van der Waals surface area (Å²) in [4.78, 5) is 0.255. The predicted molar refractivity (Wildman–Crippen MR) is 109 cm³/mol. The second-order valence-electron chi connectivity index (χ2n) is 6.73. The van der Waals surface area contributed by atoms with Crippen LogP contribution in [0.25, 0.3) is 0 Å². The molecular weight excluding hydrogens is 358 g/mol. The number of hydrogen-bond acceptors (Lipinski definition) is 3. The molecule has 0 bridgehead atoms. The Hall–Kier alpha value is -2.60. The smallest absolute Gasteiger partial charge is 0.262 e. The van der Waals surface area contributed by atoms with Crippen LogP contribution in [0.15, 0.2) is 53.4 Å². The summed E-state index contributed by atoms with van der Waals surface area (Å²) in [5, 5.41) is 4.54. The Labute approximate surface area is 161 Å². The quantitative estimate of drug-likeness (QED) is 0.693. The molecule has 1 heterocycles. The lowest BCUT2D eigenvalue weighted by atomic mass is 10.1. The van der Waals surface area contributed by atoms with Gasteiger partial charge in [0.1, 0.15) is 0 Å². The van der Waals surface area contributed by atoms with Gasteiger partial charge in [-0.3, -0.25) is 9.40 Å². The molecule has 0 amide bonds. The topological polar surface area (TPSA) is 64.0 Å². The van der Waals surface area contributed by atoms with E-state index in [1.807, 2.05) is 49.7 Å². The molecule has 2 aromatic carbocycles. The minimum atomic E-state index is -3.65. The lowest BCUT2D eigenvalue weighted by Gasteiger charge is -2.10. The molecule has 0 aliphatic rings. The first kappa shape index (κ1) is 19.2. The van der Waals surface area contributed by atoms with Gasteiger partial charge in [-0.15, -0.1) is 0 Å². The molecule has 1 N–H and O–H groups in total. The Kier molecular flexibility index (Phi) is 5.37. The summed E-state index contributed by atoms with van der Waals surface area (Å²) in [6, 6.07) is 15.1. The highest BCUT2D eigenvalue weighted by atomic mass is 32.2. The van der Waals surface area contributed by atoms with Crippen LogP contribution in [0, 0.1) is 20.8 Å². The number of nitrogens with one attached hydrogen (secondary N) is 1. The molecule has 0 aliphatic carbocycles. The molecule has 142 valence electrons. The molecule has 0 unspecified atom stereocenters. The Morgan fingerprint density at radius 1 is 1.00 bits per heavy atom. The zero-order valence-corrected chi connectivity index (χ0v) is 17.0. The number of benzene rings is 2. The van der Waals surface area contributed by atoms with Gasteiger partial charge in [-0.25, -0.2) is 8.42 Å². The number of hydrogen-bond donors (Lipinski definition) is 1. The van der Waals surface area contributed by atoms with E-state index in [0.717, 1.165) is 23.2 Å². The summed E-state index contributed by atoms with van der Waals surface area (Å²) in [6.07, 6.45) is 0.873. The Bertz CT molecular complexity index is 1050. The van der Waals surface area contributed by atoms with E-state index in [9.17, 15) is 8.42 Å². The van der Waals surface area contributed by atoms with Crippen molar-refractivity contribution < 1.29 is 8.42 Å². The van der Waals surface area contributed by atoms with Crippen LogP contribution < -0.4 is 4.72 Å². The van der Waals surface area contributed by atoms with E-state index in [1.165, 1.54) is 5.56 Å². The largest absolute Gasteiger partial charge is 0.276 e. The average Bonchev–Trinajstić information content (AvgIpc) is 2.91. The van der Waals surface area contributed by atoms with Gasteiger partial charge in [-0.05, 0) is 56.0 Å². The summed E-state index contributed by atoms with van der Waals surface area (Å²) in [5.74, 6) is 0. The lowest BCUT2D eigenvalue weighted by Crippen LogP contribution is -2.14. The van der Waals surface area contributed by atoms with Crippen LogP contribution in [0.3, 0.4) is 0 Å². The first-order chi connectivity index (χ1) is 12.8. The van der Waals surface area contributed by atoms with Gasteiger partial charge in [-0.1, -0.05) is 43.3 Å². The molecule has 3 aromatic rings. The van der Waals surface area contributed by atoms with Gasteiger partial charge < -0.3 is 0 Å². The van der Waals surface area contributed by atoms with Gasteiger partial charge in [0.2, 0.25) is 0 Å². The number of aromatic nitrogens is 2. The van der Waals surface area contributed by atoms with Gasteiger partial charge in [-0.2, -0.15) is 5.10 Å². The predicted octanol–water partition coefficient (Wildman–Crippen LogP) is 4.22. The third kappa shape index (κ3) is 4.06. The fourth-order valence-electron chi connectivity index (χ4n) is 3.05. The van der Waals surface area contributed by atoms with Gasteiger partial charge >= 0.3 is 0 Å². The standard InChI is InChI=1S/C21H25N3O2S/c1-5-18-10-12-20(13-11-18)27(25,26)23-21-16(3)22-24(17(21)4)14-19-9-7-6-8-15(19)2/h6-13,23H,5,14H2,1-4H3. The maximum atomic E-state index is 12.8.